The fourth-order valence-corrected chi connectivity index (χ4v) is 4.35. The van der Waals surface area contributed by atoms with Crippen molar-refractivity contribution in [3.63, 3.8) is 0 Å². The van der Waals surface area contributed by atoms with Crippen LogP contribution in [0.3, 0.4) is 0 Å². The fourth-order valence-electron chi connectivity index (χ4n) is 3.59. The molecule has 0 unspecified atom stereocenters. The Hall–Kier alpha value is -3.58. The van der Waals surface area contributed by atoms with Crippen LogP contribution in [0.15, 0.2) is 47.1 Å². The number of hydrogen-bond acceptors (Lipinski definition) is 7. The molecule has 1 N–H and O–H groups in total. The molecule has 1 amide bonds. The Morgan fingerprint density at radius 1 is 1.10 bits per heavy atom. The van der Waals surface area contributed by atoms with E-state index in [1.165, 1.54) is 0 Å². The number of halogens is 3. The highest BCUT2D eigenvalue weighted by molar-refractivity contribution is 6.76. The molecule has 0 radical (unpaired) electrons. The zero-order valence-electron chi connectivity index (χ0n) is 22.5. The van der Waals surface area contributed by atoms with E-state index in [9.17, 15) is 18.0 Å². The third-order valence-electron chi connectivity index (χ3n) is 6.32. The van der Waals surface area contributed by atoms with E-state index in [4.69, 9.17) is 9.26 Å². The first-order chi connectivity index (χ1) is 18.2. The topological polar surface area (TPSA) is 108 Å². The third kappa shape index (κ3) is 6.90. The van der Waals surface area contributed by atoms with Gasteiger partial charge in [0.25, 0.3) is 0 Å². The summed E-state index contributed by atoms with van der Waals surface area (Å²) in [7, 11) is -1.17. The molecule has 208 valence electrons. The van der Waals surface area contributed by atoms with Crippen molar-refractivity contribution in [1.29, 1.82) is 0 Å². The minimum Gasteiger partial charge on any atom is -0.359 e. The summed E-state index contributed by atoms with van der Waals surface area (Å²) in [5.74, 6) is -0.883. The Morgan fingerprint density at radius 3 is 2.49 bits per heavy atom. The molecule has 9 nitrogen and oxygen atoms in total. The van der Waals surface area contributed by atoms with Crippen molar-refractivity contribution < 1.29 is 27.2 Å². The number of carbonyl (C=O) groups is 1. The third-order valence-corrected chi connectivity index (χ3v) is 8.02. The first-order valence-electron chi connectivity index (χ1n) is 12.4. The molecule has 0 saturated heterocycles. The van der Waals surface area contributed by atoms with Gasteiger partial charge in [0.05, 0.1) is 6.42 Å². The number of carbonyl (C=O) groups excluding carboxylic acids is 1. The highest BCUT2D eigenvalue weighted by Crippen LogP contribution is 2.41. The number of ether oxygens (including phenoxy) is 1. The molecule has 4 rings (SSSR count). The van der Waals surface area contributed by atoms with Crippen molar-refractivity contribution in [1.82, 2.24) is 25.1 Å². The second-order valence-corrected chi connectivity index (χ2v) is 16.7. The smallest absolute Gasteiger partial charge is 0.359 e. The quantitative estimate of drug-likeness (QED) is 0.192. The maximum Gasteiger partial charge on any atom is 0.401 e. The number of alkyl halides is 3. The van der Waals surface area contributed by atoms with Gasteiger partial charge in [-0.25, -0.2) is 9.67 Å². The van der Waals surface area contributed by atoms with Gasteiger partial charge in [-0.3, -0.25) is 4.79 Å². The van der Waals surface area contributed by atoms with Crippen molar-refractivity contribution in [3.8, 4) is 11.1 Å². The summed E-state index contributed by atoms with van der Waals surface area (Å²) < 4.78 is 51.9. The molecule has 39 heavy (non-hydrogen) atoms. The standard InChI is InChI=1S/C26H31F3N6O3Si/c1-25(2,26(27,28)29)21-14-22(33-38-21)31-23(36)12-17-6-8-18(9-7-17)19-13-20-24(30-15-19)35(34-32-20)16-37-10-11-39(3,4)5/h6-9,13-15H,10-12,16H2,1-5H3,(H,31,33,36). The van der Waals surface area contributed by atoms with Gasteiger partial charge >= 0.3 is 6.18 Å². The lowest BCUT2D eigenvalue weighted by Crippen LogP contribution is -2.35. The average Bonchev–Trinajstić information content (AvgIpc) is 3.48. The van der Waals surface area contributed by atoms with E-state index in [1.807, 2.05) is 18.2 Å². The number of hydrogen-bond donors (Lipinski definition) is 1. The highest BCUT2D eigenvalue weighted by Gasteiger charge is 2.51. The van der Waals surface area contributed by atoms with E-state index in [2.05, 4.69) is 45.4 Å². The lowest BCUT2D eigenvalue weighted by atomic mass is 9.89. The molecule has 0 atom stereocenters. The number of rotatable bonds is 10. The van der Waals surface area contributed by atoms with E-state index in [1.54, 1.807) is 23.0 Å². The predicted octanol–water partition coefficient (Wildman–Crippen LogP) is 5.81. The Kier molecular flexibility index (Phi) is 7.93. The summed E-state index contributed by atoms with van der Waals surface area (Å²) in [6.07, 6.45) is -2.78. The van der Waals surface area contributed by atoms with Crippen LogP contribution in [0, 0.1) is 0 Å². The van der Waals surface area contributed by atoms with Crippen LogP contribution in [0.25, 0.3) is 22.3 Å². The van der Waals surface area contributed by atoms with Crippen LogP contribution >= 0.6 is 0 Å². The van der Waals surface area contributed by atoms with Gasteiger partial charge in [-0.2, -0.15) is 13.2 Å². The van der Waals surface area contributed by atoms with E-state index in [0.29, 0.717) is 30.1 Å². The number of pyridine rings is 1. The molecule has 0 bridgehead atoms. The van der Waals surface area contributed by atoms with Gasteiger partial charge in [0.2, 0.25) is 5.91 Å². The summed E-state index contributed by atoms with van der Waals surface area (Å²) in [4.78, 5) is 16.9. The highest BCUT2D eigenvalue weighted by atomic mass is 28.3. The van der Waals surface area contributed by atoms with Gasteiger partial charge in [0.1, 0.15) is 17.7 Å². The fraction of sp³-hybridized carbons (Fsp3) is 0.423. The Balaban J connectivity index is 1.35. The Morgan fingerprint density at radius 2 is 1.82 bits per heavy atom. The van der Waals surface area contributed by atoms with Crippen LogP contribution in [-0.4, -0.2) is 51.9 Å². The van der Waals surface area contributed by atoms with Gasteiger partial charge in [-0.1, -0.05) is 54.3 Å². The normalized spacial score (nSPS) is 12.7. The first kappa shape index (κ1) is 28.4. The Labute approximate surface area is 224 Å². The van der Waals surface area contributed by atoms with Crippen LogP contribution in [0.2, 0.25) is 25.7 Å². The molecule has 3 aromatic heterocycles. The van der Waals surface area contributed by atoms with Crippen molar-refractivity contribution >= 4 is 31.0 Å². The molecular formula is C26H31F3N6O3Si. The number of nitrogens with zero attached hydrogens (tertiary/aromatic N) is 5. The second kappa shape index (κ2) is 10.9. The minimum absolute atomic E-state index is 0.00838. The van der Waals surface area contributed by atoms with Gasteiger partial charge < -0.3 is 14.6 Å². The lowest BCUT2D eigenvalue weighted by Gasteiger charge is -2.24. The van der Waals surface area contributed by atoms with E-state index < -0.39 is 25.6 Å². The zero-order valence-corrected chi connectivity index (χ0v) is 23.5. The average molecular weight is 561 g/mol. The van der Waals surface area contributed by atoms with Gasteiger partial charge in [-0.05, 0) is 37.1 Å². The predicted molar refractivity (Wildman–Crippen MR) is 143 cm³/mol. The molecule has 0 saturated carbocycles. The monoisotopic (exact) mass is 560 g/mol. The molecule has 0 fully saturated rings. The number of amides is 1. The van der Waals surface area contributed by atoms with Crippen LogP contribution in [0.1, 0.15) is 25.2 Å². The maximum atomic E-state index is 13.2. The van der Waals surface area contributed by atoms with Crippen molar-refractivity contribution in [2.45, 2.75) is 64.3 Å². The molecule has 0 aliphatic heterocycles. The molecule has 3 heterocycles. The summed E-state index contributed by atoms with van der Waals surface area (Å²) in [6, 6.07) is 11.3. The lowest BCUT2D eigenvalue weighted by molar-refractivity contribution is -0.185. The summed E-state index contributed by atoms with van der Waals surface area (Å²) in [5.41, 5.74) is 1.48. The van der Waals surface area contributed by atoms with Crippen LogP contribution < -0.4 is 5.32 Å². The zero-order chi connectivity index (χ0) is 28.4. The van der Waals surface area contributed by atoms with E-state index >= 15 is 0 Å². The SMILES string of the molecule is CC(C)(c1cc(NC(=O)Cc2ccc(-c3cnc4c(c3)nnn4COCC[Si](C)(C)C)cc2)no1)C(F)(F)F. The summed E-state index contributed by atoms with van der Waals surface area (Å²) in [5, 5.41) is 14.4. The maximum absolute atomic E-state index is 13.2. The number of aromatic nitrogens is 5. The summed E-state index contributed by atoms with van der Waals surface area (Å²) >= 11 is 0. The molecule has 1 aromatic carbocycles. The van der Waals surface area contributed by atoms with E-state index in [0.717, 1.165) is 37.1 Å². The molecule has 4 aromatic rings. The molecule has 0 aliphatic rings. The van der Waals surface area contributed by atoms with Crippen molar-refractivity contribution in [2.24, 2.45) is 0 Å². The van der Waals surface area contributed by atoms with E-state index in [-0.39, 0.29) is 18.0 Å². The van der Waals surface area contributed by atoms with Gasteiger partial charge in [-0.15, -0.1) is 5.10 Å². The largest absolute Gasteiger partial charge is 0.401 e. The van der Waals surface area contributed by atoms with Crippen LogP contribution in [0.4, 0.5) is 19.0 Å². The minimum atomic E-state index is -4.52. The van der Waals surface area contributed by atoms with Crippen LogP contribution in [-0.2, 0) is 28.1 Å². The Bertz CT molecular complexity index is 1440. The molecule has 0 aliphatic carbocycles. The van der Waals surface area contributed by atoms with Gasteiger partial charge in [0, 0.05) is 32.5 Å². The number of nitrogens with one attached hydrogen (secondary N) is 1. The van der Waals surface area contributed by atoms with Crippen molar-refractivity contribution in [2.75, 3.05) is 11.9 Å². The number of benzene rings is 1. The number of fused-ring (bicyclic) bond motifs is 1. The molecule has 13 heteroatoms. The van der Waals surface area contributed by atoms with Crippen LogP contribution in [0.5, 0.6) is 0 Å². The number of anilines is 1. The molecule has 0 spiro atoms. The molecular weight excluding hydrogens is 529 g/mol. The van der Waals surface area contributed by atoms with Crippen molar-refractivity contribution in [3.05, 3.63) is 53.9 Å². The summed E-state index contributed by atoms with van der Waals surface area (Å²) in [6.45, 7) is 9.83. The van der Waals surface area contributed by atoms with Gasteiger partial charge in [0.15, 0.2) is 17.2 Å². The first-order valence-corrected chi connectivity index (χ1v) is 16.1. The second-order valence-electron chi connectivity index (χ2n) is 11.1.